The first-order chi connectivity index (χ1) is 11.3. The van der Waals surface area contributed by atoms with Crippen molar-refractivity contribution in [2.45, 2.75) is 25.3 Å². The van der Waals surface area contributed by atoms with Gasteiger partial charge >= 0.3 is 0 Å². The maximum absolute atomic E-state index is 5.06. The minimum absolute atomic E-state index is 0.513. The molecule has 0 aliphatic heterocycles. The molecule has 1 aliphatic rings. The second-order valence-corrected chi connectivity index (χ2v) is 5.62. The van der Waals surface area contributed by atoms with Gasteiger partial charge in [-0.1, -0.05) is 0 Å². The molecule has 1 saturated carbocycles. The molecule has 3 N–H and O–H groups in total. The molecule has 0 saturated heterocycles. The monoisotopic (exact) mass is 310 g/mol. The van der Waals surface area contributed by atoms with Crippen LogP contribution in [0.25, 0.3) is 11.0 Å². The number of nitrogens with zero attached hydrogens (tertiary/aromatic N) is 3. The van der Waals surface area contributed by atoms with Crippen LogP contribution in [-0.2, 0) is 0 Å². The van der Waals surface area contributed by atoms with E-state index in [0.29, 0.717) is 17.9 Å². The van der Waals surface area contributed by atoms with Gasteiger partial charge in [-0.2, -0.15) is 9.97 Å². The number of anilines is 3. The molecule has 0 atom stereocenters. The Hall–Kier alpha value is -2.83. The average molecular weight is 310 g/mol. The molecule has 0 unspecified atom stereocenters. The Kier molecular flexibility index (Phi) is 3.45. The molecule has 0 spiro atoms. The van der Waals surface area contributed by atoms with E-state index in [9.17, 15) is 0 Å². The van der Waals surface area contributed by atoms with Gasteiger partial charge in [0.25, 0.3) is 0 Å². The summed E-state index contributed by atoms with van der Waals surface area (Å²) in [6.45, 7) is 0. The molecule has 1 fully saturated rings. The van der Waals surface area contributed by atoms with Gasteiger partial charge in [0.1, 0.15) is 11.5 Å². The molecule has 3 aromatic rings. The number of nitrogens with one attached hydrogen (secondary N) is 3. The lowest BCUT2D eigenvalue weighted by atomic mass is 9.93. The lowest BCUT2D eigenvalue weighted by Gasteiger charge is -2.27. The number of methoxy groups -OCH3 is 1. The van der Waals surface area contributed by atoms with Gasteiger partial charge in [-0.25, -0.2) is 4.98 Å². The van der Waals surface area contributed by atoms with Crippen molar-refractivity contribution in [2.24, 2.45) is 0 Å². The van der Waals surface area contributed by atoms with Crippen LogP contribution in [0.5, 0.6) is 5.88 Å². The number of H-pyrrole nitrogens is 1. The van der Waals surface area contributed by atoms with Crippen LogP contribution in [0.15, 0.2) is 30.6 Å². The quantitative estimate of drug-likeness (QED) is 0.671. The number of ether oxygens (including phenoxy) is 1. The predicted octanol–water partition coefficient (Wildman–Crippen LogP) is 3.07. The van der Waals surface area contributed by atoms with Gasteiger partial charge in [-0.15, -0.1) is 0 Å². The number of aromatic amines is 1. The first kappa shape index (κ1) is 13.8. The Morgan fingerprint density at radius 1 is 1.22 bits per heavy atom. The average Bonchev–Trinajstić information content (AvgIpc) is 3.00. The van der Waals surface area contributed by atoms with Gasteiger partial charge in [0.2, 0.25) is 11.8 Å². The molecule has 0 aromatic carbocycles. The highest BCUT2D eigenvalue weighted by Gasteiger charge is 2.19. The molecule has 3 heterocycles. The first-order valence-corrected chi connectivity index (χ1v) is 7.70. The summed E-state index contributed by atoms with van der Waals surface area (Å²) in [5.41, 5.74) is 1.62. The van der Waals surface area contributed by atoms with Crippen LogP contribution in [0.2, 0.25) is 0 Å². The van der Waals surface area contributed by atoms with Crippen molar-refractivity contribution in [3.63, 3.8) is 0 Å². The number of rotatable bonds is 5. The van der Waals surface area contributed by atoms with E-state index in [1.807, 2.05) is 18.3 Å². The highest BCUT2D eigenvalue weighted by molar-refractivity contribution is 5.88. The largest absolute Gasteiger partial charge is 0.481 e. The van der Waals surface area contributed by atoms with Crippen molar-refractivity contribution in [3.8, 4) is 5.88 Å². The van der Waals surface area contributed by atoms with E-state index in [-0.39, 0.29) is 0 Å². The summed E-state index contributed by atoms with van der Waals surface area (Å²) >= 11 is 0. The van der Waals surface area contributed by atoms with E-state index in [2.05, 4.69) is 30.6 Å². The Morgan fingerprint density at radius 2 is 2.13 bits per heavy atom. The summed E-state index contributed by atoms with van der Waals surface area (Å²) in [6.07, 6.45) is 7.24. The van der Waals surface area contributed by atoms with Crippen molar-refractivity contribution in [3.05, 3.63) is 30.6 Å². The molecular weight excluding hydrogens is 292 g/mol. The van der Waals surface area contributed by atoms with Gasteiger partial charge in [0, 0.05) is 18.3 Å². The summed E-state index contributed by atoms with van der Waals surface area (Å²) in [6, 6.07) is 6.18. The maximum atomic E-state index is 5.06. The lowest BCUT2D eigenvalue weighted by molar-refractivity contribution is 0.398. The molecule has 7 heteroatoms. The van der Waals surface area contributed by atoms with Crippen LogP contribution >= 0.6 is 0 Å². The standard InChI is InChI=1S/C16H18N6O/c1-23-13-6-5-11(9-18-13)20-16-21-14-12(7-8-17-14)15(22-16)19-10-3-2-4-10/h5-10H,2-4H2,1H3,(H3,17,19,20,21,22). The molecule has 0 radical (unpaired) electrons. The van der Waals surface area contributed by atoms with E-state index in [0.717, 1.165) is 22.5 Å². The number of aromatic nitrogens is 4. The number of hydrogen-bond acceptors (Lipinski definition) is 6. The first-order valence-electron chi connectivity index (χ1n) is 7.70. The molecule has 118 valence electrons. The molecule has 4 rings (SSSR count). The van der Waals surface area contributed by atoms with E-state index < -0.39 is 0 Å². The Morgan fingerprint density at radius 3 is 2.83 bits per heavy atom. The van der Waals surface area contributed by atoms with Crippen molar-refractivity contribution < 1.29 is 4.74 Å². The van der Waals surface area contributed by atoms with E-state index in [1.54, 1.807) is 19.4 Å². The summed E-state index contributed by atoms with van der Waals surface area (Å²) in [5.74, 6) is 1.97. The summed E-state index contributed by atoms with van der Waals surface area (Å²) in [4.78, 5) is 16.5. The van der Waals surface area contributed by atoms with Crippen molar-refractivity contribution in [1.29, 1.82) is 0 Å². The van der Waals surface area contributed by atoms with Crippen LogP contribution in [-0.4, -0.2) is 33.1 Å². The third-order valence-corrected chi connectivity index (χ3v) is 4.06. The lowest BCUT2D eigenvalue weighted by Crippen LogP contribution is -2.27. The Balaban J connectivity index is 1.62. The Bertz CT molecular complexity index is 809. The van der Waals surface area contributed by atoms with Crippen LogP contribution in [0.3, 0.4) is 0 Å². The van der Waals surface area contributed by atoms with Gasteiger partial charge in [-0.3, -0.25) is 0 Å². The summed E-state index contributed by atoms with van der Waals surface area (Å²) in [7, 11) is 1.59. The molecule has 0 bridgehead atoms. The fourth-order valence-corrected chi connectivity index (χ4v) is 2.56. The Labute approximate surface area is 133 Å². The van der Waals surface area contributed by atoms with E-state index in [1.165, 1.54) is 19.3 Å². The van der Waals surface area contributed by atoms with Gasteiger partial charge < -0.3 is 20.4 Å². The number of fused-ring (bicyclic) bond motifs is 1. The zero-order valence-electron chi connectivity index (χ0n) is 12.8. The van der Waals surface area contributed by atoms with Gasteiger partial charge in [0.15, 0.2) is 0 Å². The van der Waals surface area contributed by atoms with Crippen molar-refractivity contribution >= 4 is 28.5 Å². The highest BCUT2D eigenvalue weighted by Crippen LogP contribution is 2.28. The molecule has 0 amide bonds. The van der Waals surface area contributed by atoms with E-state index in [4.69, 9.17) is 4.74 Å². The minimum Gasteiger partial charge on any atom is -0.481 e. The van der Waals surface area contributed by atoms with Crippen molar-refractivity contribution in [2.75, 3.05) is 17.7 Å². The minimum atomic E-state index is 0.513. The van der Waals surface area contributed by atoms with Gasteiger partial charge in [0.05, 0.1) is 24.4 Å². The number of pyridine rings is 1. The van der Waals surface area contributed by atoms with Crippen LogP contribution < -0.4 is 15.4 Å². The van der Waals surface area contributed by atoms with Crippen LogP contribution in [0.1, 0.15) is 19.3 Å². The topological polar surface area (TPSA) is 87.8 Å². The SMILES string of the molecule is COc1ccc(Nc2nc(NC3CCC3)c3cc[nH]c3n2)cn1. The highest BCUT2D eigenvalue weighted by atomic mass is 16.5. The molecular formula is C16H18N6O. The zero-order valence-corrected chi connectivity index (χ0v) is 12.8. The second-order valence-electron chi connectivity index (χ2n) is 5.62. The molecule has 1 aliphatic carbocycles. The third-order valence-electron chi connectivity index (χ3n) is 4.06. The predicted molar refractivity (Wildman–Crippen MR) is 89.2 cm³/mol. The second kappa shape index (κ2) is 5.75. The summed E-state index contributed by atoms with van der Waals surface area (Å²) in [5, 5.41) is 7.70. The molecule has 3 aromatic heterocycles. The molecule has 23 heavy (non-hydrogen) atoms. The van der Waals surface area contributed by atoms with Gasteiger partial charge in [-0.05, 0) is 31.4 Å². The maximum Gasteiger partial charge on any atom is 0.231 e. The number of hydrogen-bond donors (Lipinski definition) is 3. The van der Waals surface area contributed by atoms with Crippen LogP contribution in [0.4, 0.5) is 17.5 Å². The normalized spacial score (nSPS) is 14.5. The smallest absolute Gasteiger partial charge is 0.231 e. The van der Waals surface area contributed by atoms with Crippen molar-refractivity contribution in [1.82, 2.24) is 19.9 Å². The fraction of sp³-hybridized carbons (Fsp3) is 0.312. The van der Waals surface area contributed by atoms with E-state index >= 15 is 0 Å². The third kappa shape index (κ3) is 2.77. The van der Waals surface area contributed by atoms with Crippen LogP contribution in [0, 0.1) is 0 Å². The molecule has 7 nitrogen and oxygen atoms in total. The fourth-order valence-electron chi connectivity index (χ4n) is 2.56. The zero-order chi connectivity index (χ0) is 15.6. The summed E-state index contributed by atoms with van der Waals surface area (Å²) < 4.78 is 5.06.